The molecule has 0 aromatic carbocycles. The van der Waals surface area contributed by atoms with Gasteiger partial charge < -0.3 is 9.30 Å². The molecule has 7 nitrogen and oxygen atoms in total. The van der Waals surface area contributed by atoms with Crippen LogP contribution in [0.5, 0.6) is 0 Å². The third-order valence-corrected chi connectivity index (χ3v) is 3.13. The van der Waals surface area contributed by atoms with E-state index in [0.717, 1.165) is 11.5 Å². The summed E-state index contributed by atoms with van der Waals surface area (Å²) in [7, 11) is 1.92. The van der Waals surface area contributed by atoms with Crippen LogP contribution < -0.4 is 0 Å². The number of esters is 1. The Kier molecular flexibility index (Phi) is 4.11. The van der Waals surface area contributed by atoms with Crippen LogP contribution >= 0.6 is 0 Å². The summed E-state index contributed by atoms with van der Waals surface area (Å²) in [5.74, 6) is 0.411. The van der Waals surface area contributed by atoms with Gasteiger partial charge in [-0.2, -0.15) is 0 Å². The Morgan fingerprint density at radius 3 is 2.62 bits per heavy atom. The van der Waals surface area contributed by atoms with Crippen LogP contribution in [0.15, 0.2) is 12.4 Å². The second-order valence-corrected chi connectivity index (χ2v) is 5.87. The fourth-order valence-electron chi connectivity index (χ4n) is 2.19. The Morgan fingerprint density at radius 2 is 2.10 bits per heavy atom. The molecule has 0 spiro atoms. The molecule has 0 saturated heterocycles. The van der Waals surface area contributed by atoms with E-state index >= 15 is 0 Å². The molecular weight excluding hydrogens is 270 g/mol. The lowest BCUT2D eigenvalue weighted by Crippen LogP contribution is -2.23. The van der Waals surface area contributed by atoms with Gasteiger partial charge in [0.2, 0.25) is 0 Å². The summed E-state index contributed by atoms with van der Waals surface area (Å²) in [6, 6.07) is 0. The summed E-state index contributed by atoms with van der Waals surface area (Å²) in [6.07, 6.45) is 3.60. The van der Waals surface area contributed by atoms with E-state index in [-0.39, 0.29) is 11.1 Å². The van der Waals surface area contributed by atoms with Gasteiger partial charge in [0, 0.05) is 24.9 Å². The Hall–Kier alpha value is -2.18. The van der Waals surface area contributed by atoms with Gasteiger partial charge in [-0.1, -0.05) is 26.0 Å². The number of carbonyl (C=O) groups excluding carboxylic acids is 1. The molecule has 0 bridgehead atoms. The van der Waals surface area contributed by atoms with E-state index in [1.165, 1.54) is 0 Å². The average Bonchev–Trinajstić information content (AvgIpc) is 2.97. The van der Waals surface area contributed by atoms with E-state index in [0.29, 0.717) is 13.2 Å². The topological polar surface area (TPSA) is 74.8 Å². The Labute approximate surface area is 123 Å². The molecule has 114 valence electrons. The molecule has 2 aromatic heterocycles. The van der Waals surface area contributed by atoms with E-state index in [1.807, 2.05) is 38.6 Å². The van der Waals surface area contributed by atoms with Crippen molar-refractivity contribution in [1.29, 1.82) is 0 Å². The molecule has 0 N–H and O–H groups in total. The van der Waals surface area contributed by atoms with Gasteiger partial charge in [-0.25, -0.2) is 14.5 Å². The van der Waals surface area contributed by atoms with E-state index in [9.17, 15) is 4.79 Å². The van der Waals surface area contributed by atoms with Crippen LogP contribution in [0, 0.1) is 0 Å². The number of rotatable bonds is 4. The zero-order valence-electron chi connectivity index (χ0n) is 13.1. The lowest BCUT2D eigenvalue weighted by molar-refractivity contribution is 0.0516. The molecule has 0 radical (unpaired) electrons. The van der Waals surface area contributed by atoms with E-state index in [4.69, 9.17) is 4.74 Å². The highest BCUT2D eigenvalue weighted by molar-refractivity contribution is 5.88. The molecule has 0 aliphatic rings. The minimum atomic E-state index is -0.437. The molecule has 0 aliphatic heterocycles. The highest BCUT2D eigenvalue weighted by Gasteiger charge is 2.30. The van der Waals surface area contributed by atoms with Gasteiger partial charge in [0.25, 0.3) is 0 Å². The zero-order valence-corrected chi connectivity index (χ0v) is 13.1. The number of imidazole rings is 1. The molecule has 7 heteroatoms. The third-order valence-electron chi connectivity index (χ3n) is 3.13. The van der Waals surface area contributed by atoms with Crippen LogP contribution in [0.3, 0.4) is 0 Å². The Morgan fingerprint density at radius 1 is 1.38 bits per heavy atom. The Bertz CT molecular complexity index is 636. The van der Waals surface area contributed by atoms with Crippen molar-refractivity contribution in [2.75, 3.05) is 6.61 Å². The molecule has 0 amide bonds. The smallest absolute Gasteiger partial charge is 0.360 e. The number of hydrogen-bond acceptors (Lipinski definition) is 5. The SMILES string of the molecule is CCOC(=O)c1nnn(Cc2nccn2C)c1C(C)(C)C. The minimum absolute atomic E-state index is 0.276. The van der Waals surface area contributed by atoms with Gasteiger partial charge >= 0.3 is 5.97 Å². The van der Waals surface area contributed by atoms with Crippen LogP contribution in [-0.4, -0.2) is 37.1 Å². The van der Waals surface area contributed by atoms with Crippen LogP contribution in [0.25, 0.3) is 0 Å². The summed E-state index contributed by atoms with van der Waals surface area (Å²) in [4.78, 5) is 16.3. The van der Waals surface area contributed by atoms with Crippen molar-refractivity contribution in [3.05, 3.63) is 29.6 Å². The van der Waals surface area contributed by atoms with Crippen molar-refractivity contribution < 1.29 is 9.53 Å². The molecule has 2 heterocycles. The number of nitrogens with zero attached hydrogens (tertiary/aromatic N) is 5. The fraction of sp³-hybridized carbons (Fsp3) is 0.571. The maximum Gasteiger partial charge on any atom is 0.360 e. The normalized spacial score (nSPS) is 11.7. The summed E-state index contributed by atoms with van der Waals surface area (Å²) in [5, 5.41) is 8.13. The van der Waals surface area contributed by atoms with Crippen molar-refractivity contribution in [2.24, 2.45) is 7.05 Å². The molecule has 0 aliphatic carbocycles. The predicted octanol–water partition coefficient (Wildman–Crippen LogP) is 1.53. The largest absolute Gasteiger partial charge is 0.461 e. The molecule has 21 heavy (non-hydrogen) atoms. The maximum atomic E-state index is 12.0. The summed E-state index contributed by atoms with van der Waals surface area (Å²) in [5.41, 5.74) is 0.749. The van der Waals surface area contributed by atoms with Gasteiger partial charge in [0.15, 0.2) is 5.69 Å². The van der Waals surface area contributed by atoms with Crippen LogP contribution in [0.2, 0.25) is 0 Å². The van der Waals surface area contributed by atoms with Gasteiger partial charge in [-0.15, -0.1) is 5.10 Å². The molecule has 0 atom stereocenters. The highest BCUT2D eigenvalue weighted by atomic mass is 16.5. The second-order valence-electron chi connectivity index (χ2n) is 5.87. The molecular formula is C14H21N5O2. The first kappa shape index (κ1) is 15.2. The average molecular weight is 291 g/mol. The van der Waals surface area contributed by atoms with Gasteiger partial charge in [-0.05, 0) is 6.92 Å². The van der Waals surface area contributed by atoms with Gasteiger partial charge in [0.05, 0.1) is 12.3 Å². The van der Waals surface area contributed by atoms with Crippen LogP contribution in [-0.2, 0) is 23.7 Å². The quantitative estimate of drug-likeness (QED) is 0.799. The fourth-order valence-corrected chi connectivity index (χ4v) is 2.19. The molecule has 0 unspecified atom stereocenters. The number of ether oxygens (including phenoxy) is 1. The Balaban J connectivity index is 2.42. The zero-order chi connectivity index (χ0) is 15.6. The van der Waals surface area contributed by atoms with Crippen molar-refractivity contribution in [1.82, 2.24) is 24.5 Å². The number of aryl methyl sites for hydroxylation is 1. The monoisotopic (exact) mass is 291 g/mol. The lowest BCUT2D eigenvalue weighted by atomic mass is 9.90. The number of carbonyl (C=O) groups is 1. The number of aromatic nitrogens is 5. The third kappa shape index (κ3) is 3.12. The first-order chi connectivity index (χ1) is 9.84. The van der Waals surface area contributed by atoms with Crippen molar-refractivity contribution >= 4 is 5.97 Å². The minimum Gasteiger partial charge on any atom is -0.461 e. The second kappa shape index (κ2) is 5.67. The van der Waals surface area contributed by atoms with Crippen molar-refractivity contribution in [2.45, 2.75) is 39.7 Å². The summed E-state index contributed by atoms with van der Waals surface area (Å²) in [6.45, 7) is 8.60. The lowest BCUT2D eigenvalue weighted by Gasteiger charge is -2.20. The summed E-state index contributed by atoms with van der Waals surface area (Å²) >= 11 is 0. The predicted molar refractivity (Wildman–Crippen MR) is 77.0 cm³/mol. The van der Waals surface area contributed by atoms with E-state index < -0.39 is 5.97 Å². The van der Waals surface area contributed by atoms with Gasteiger partial charge in [0.1, 0.15) is 12.4 Å². The van der Waals surface area contributed by atoms with Gasteiger partial charge in [-0.3, -0.25) is 0 Å². The number of hydrogen-bond donors (Lipinski definition) is 0. The van der Waals surface area contributed by atoms with E-state index in [1.54, 1.807) is 17.8 Å². The molecule has 2 rings (SSSR count). The molecule has 2 aromatic rings. The standard InChI is InChI=1S/C14H21N5O2/c1-6-21-13(20)11-12(14(2,3)4)19(17-16-11)9-10-15-7-8-18(10)5/h7-8H,6,9H2,1-5H3. The maximum absolute atomic E-state index is 12.0. The summed E-state index contributed by atoms with van der Waals surface area (Å²) < 4.78 is 8.69. The molecule has 0 fully saturated rings. The van der Waals surface area contributed by atoms with Crippen LogP contribution in [0.4, 0.5) is 0 Å². The highest BCUT2D eigenvalue weighted by Crippen LogP contribution is 2.25. The first-order valence-electron chi connectivity index (χ1n) is 6.92. The first-order valence-corrected chi connectivity index (χ1v) is 6.92. The van der Waals surface area contributed by atoms with E-state index in [2.05, 4.69) is 15.3 Å². The molecule has 0 saturated carbocycles. The van der Waals surface area contributed by atoms with Crippen molar-refractivity contribution in [3.8, 4) is 0 Å². The van der Waals surface area contributed by atoms with Crippen LogP contribution in [0.1, 0.15) is 49.7 Å². The van der Waals surface area contributed by atoms with Crippen molar-refractivity contribution in [3.63, 3.8) is 0 Å².